The molecule has 2 saturated heterocycles. The van der Waals surface area contributed by atoms with Crippen molar-refractivity contribution in [3.63, 3.8) is 0 Å². The molecule has 31 heteroatoms. The van der Waals surface area contributed by atoms with Gasteiger partial charge in [0.15, 0.2) is 0 Å². The Balaban J connectivity index is 1.39. The second-order valence-electron chi connectivity index (χ2n) is 21.6. The first kappa shape index (κ1) is 72.2. The van der Waals surface area contributed by atoms with Crippen LogP contribution in [0, 0.1) is 3.57 Å². The number of nitrogens with one attached hydrogen (secondary N) is 9. The van der Waals surface area contributed by atoms with E-state index in [4.69, 9.17) is 10.5 Å². The molecule has 27 nitrogen and oxygen atoms in total. The molecule has 0 spiro atoms. The normalized spacial score (nSPS) is 25.8. The van der Waals surface area contributed by atoms with E-state index in [1.807, 2.05) is 22.6 Å². The summed E-state index contributed by atoms with van der Waals surface area (Å²) in [7, 11) is 1.84. The number of benzene rings is 3. The van der Waals surface area contributed by atoms with Crippen molar-refractivity contribution >= 4 is 114 Å². The number of halogens is 1. The Morgan fingerprint density at radius 1 is 0.764 bits per heavy atom. The molecule has 0 aliphatic carbocycles. The molecule has 8 amide bonds. The number of aromatic hydroxyl groups is 1. The second kappa shape index (κ2) is 35.7. The minimum absolute atomic E-state index is 0.0379. The van der Waals surface area contributed by atoms with E-state index < -0.39 is 151 Å². The predicted molar refractivity (Wildman–Crippen MR) is 341 cm³/mol. The summed E-state index contributed by atoms with van der Waals surface area (Å²) in [5, 5.41) is 105. The number of rotatable bonds is 23. The first-order chi connectivity index (χ1) is 42.5. The van der Waals surface area contributed by atoms with Crippen molar-refractivity contribution in [3.05, 3.63) is 99.3 Å². The van der Waals surface area contributed by atoms with Gasteiger partial charge >= 0.3 is 0 Å². The molecule has 19 N–H and O–H groups in total. The van der Waals surface area contributed by atoms with Gasteiger partial charge < -0.3 is 98.8 Å². The van der Waals surface area contributed by atoms with Crippen LogP contribution in [0.3, 0.4) is 0 Å². The molecule has 2 aliphatic heterocycles. The van der Waals surface area contributed by atoms with Crippen molar-refractivity contribution in [1.29, 1.82) is 0 Å². The Labute approximate surface area is 539 Å². The van der Waals surface area contributed by atoms with Crippen LogP contribution in [0.15, 0.2) is 79.0 Å². The maximum Gasteiger partial charge on any atom is 0.245 e. The number of carbonyl (C=O) groups excluding carboxylic acids is 8. The lowest BCUT2D eigenvalue weighted by atomic mass is 10.0. The Kier molecular flexibility index (Phi) is 29.0. The summed E-state index contributed by atoms with van der Waals surface area (Å²) in [6.45, 7) is 1.36. The van der Waals surface area contributed by atoms with Crippen molar-refractivity contribution in [2.75, 3.05) is 37.0 Å². The van der Waals surface area contributed by atoms with Crippen LogP contribution in [-0.2, 0) is 62.4 Å². The van der Waals surface area contributed by atoms with Crippen LogP contribution in [0.1, 0.15) is 56.2 Å². The van der Waals surface area contributed by atoms with Gasteiger partial charge in [0.2, 0.25) is 47.3 Å². The SMILES string of the molecule is CC(O)[C@@H]1NC(=O)[C@H](CCCCN)NC(=O)[C@@H](Cc2c[nH]c3ccccc23)NC(=O)[C@H](Cc2ccc(O)c(I)c2)NC(=O)C(NC(=O)C(Cc2ccccc2)NC(=O)CCS[C@@H]2OC(CO)[C@@H](O)[C@H](O)C2O)CSSC[C@@H](C(=O)N[C@H](CO)C(C)O)NC1=O. The molecule has 0 bridgehead atoms. The maximum absolute atomic E-state index is 15.1. The van der Waals surface area contributed by atoms with E-state index in [2.05, 4.69) is 47.5 Å². The summed E-state index contributed by atoms with van der Waals surface area (Å²) in [5.74, 6) is -7.93. The van der Waals surface area contributed by atoms with Gasteiger partial charge in [-0.25, -0.2) is 0 Å². The summed E-state index contributed by atoms with van der Waals surface area (Å²) in [5.41, 5.74) is 6.97. The van der Waals surface area contributed by atoms with Crippen LogP contribution >= 0.6 is 55.9 Å². The Morgan fingerprint density at radius 3 is 2.10 bits per heavy atom. The third kappa shape index (κ3) is 21.4. The molecule has 2 aliphatic rings. The first-order valence-corrected chi connectivity index (χ1v) is 33.5. The molecule has 0 radical (unpaired) electrons. The topological polar surface area (TPSA) is 446 Å². The minimum atomic E-state index is -1.75. The number of para-hydroxylation sites is 1. The van der Waals surface area contributed by atoms with Gasteiger partial charge in [-0.2, -0.15) is 0 Å². The lowest BCUT2D eigenvalue weighted by molar-refractivity contribution is -0.205. The third-order valence-corrected chi connectivity index (χ3v) is 19.2. The smallest absolute Gasteiger partial charge is 0.245 e. The number of hydrogen-bond donors (Lipinski definition) is 18. The molecule has 15 atom stereocenters. The number of amides is 8. The van der Waals surface area contributed by atoms with E-state index in [0.717, 1.165) is 33.3 Å². The summed E-state index contributed by atoms with van der Waals surface area (Å²) in [6.07, 6.45) is -7.43. The molecule has 488 valence electrons. The summed E-state index contributed by atoms with van der Waals surface area (Å²) in [6, 6.07) is 8.33. The molecule has 3 aromatic carbocycles. The number of ether oxygens (including phenoxy) is 1. The number of nitrogens with two attached hydrogens (primary N) is 1. The molecule has 6 unspecified atom stereocenters. The second-order valence-corrected chi connectivity index (χ2v) is 26.5. The van der Waals surface area contributed by atoms with Gasteiger partial charge in [0, 0.05) is 60.0 Å². The van der Waals surface area contributed by atoms with E-state index in [0.29, 0.717) is 37.6 Å². The maximum atomic E-state index is 15.1. The van der Waals surface area contributed by atoms with Crippen LogP contribution in [0.25, 0.3) is 10.9 Å². The summed E-state index contributed by atoms with van der Waals surface area (Å²) >= 11 is 2.81. The highest BCUT2D eigenvalue weighted by atomic mass is 127. The highest BCUT2D eigenvalue weighted by molar-refractivity contribution is 14.1. The molecule has 6 rings (SSSR count). The quantitative estimate of drug-likeness (QED) is 0.0209. The van der Waals surface area contributed by atoms with Crippen molar-refractivity contribution in [3.8, 4) is 5.75 Å². The largest absolute Gasteiger partial charge is 0.507 e. The predicted octanol–water partition coefficient (Wildman–Crippen LogP) is -2.41. The number of aromatic amines is 1. The minimum Gasteiger partial charge on any atom is -0.507 e. The van der Waals surface area contributed by atoms with E-state index >= 15 is 9.59 Å². The number of fused-ring (bicyclic) bond motifs is 1. The van der Waals surface area contributed by atoms with Crippen LogP contribution in [0.2, 0.25) is 0 Å². The van der Waals surface area contributed by atoms with E-state index in [9.17, 15) is 69.6 Å². The van der Waals surface area contributed by atoms with Crippen molar-refractivity contribution in [2.24, 2.45) is 5.73 Å². The fourth-order valence-electron chi connectivity index (χ4n) is 9.62. The molecule has 3 heterocycles. The molecular weight excluding hydrogens is 1330 g/mol. The highest BCUT2D eigenvalue weighted by Gasteiger charge is 2.44. The zero-order chi connectivity index (χ0) is 64.9. The van der Waals surface area contributed by atoms with Crippen molar-refractivity contribution in [1.82, 2.24) is 47.5 Å². The van der Waals surface area contributed by atoms with Crippen LogP contribution in [-0.4, -0.2) is 221 Å². The van der Waals surface area contributed by atoms with E-state index in [-0.39, 0.29) is 68.1 Å². The standard InChI is InChI=1S/C58H79IN10O17S3/c1-29(72)41(25-70)66-56(84)43-28-89-88-27-42(67-52(80)38(21-31-10-4-3-5-11-31)62-46(75)17-19-87-58-50(78)49(77)48(76)45(26-71)86-58)55(83)64-39(22-32-15-16-44(74)35(59)20-32)53(81)65-40(23-33-24-61-36-13-7-6-12-34(33)36)54(82)63-37(14-8-9-18-60)51(79)69-47(30(2)73)57(85)68-43/h3-7,10-13,15-16,20,24,29-30,37-43,45,47-50,58,61,70-74,76-78H,8-9,14,17-19,21-23,25-28,60H2,1-2H3,(H,62,75)(H,63,82)(H,64,83)(H,65,81)(H,66,84)(H,67,80)(H,68,85)(H,69,79)/t29?,30?,37-,38?,39-,40+,41+,42?,43-,45?,47-,48+,49-,50?,58-/m0/s1. The monoisotopic (exact) mass is 1410 g/mol. The lowest BCUT2D eigenvalue weighted by Gasteiger charge is -2.39. The number of aromatic nitrogens is 1. The molecule has 0 saturated carbocycles. The van der Waals surface area contributed by atoms with Crippen LogP contribution in [0.5, 0.6) is 5.75 Å². The lowest BCUT2D eigenvalue weighted by Crippen LogP contribution is -2.62. The van der Waals surface area contributed by atoms with Gasteiger partial charge in [-0.3, -0.25) is 38.4 Å². The van der Waals surface area contributed by atoms with Crippen LogP contribution < -0.4 is 48.3 Å². The number of aliphatic hydroxyl groups excluding tert-OH is 7. The molecular formula is C58H79IN10O17S3. The fraction of sp³-hybridized carbons (Fsp3) is 0.517. The number of H-pyrrole nitrogens is 1. The summed E-state index contributed by atoms with van der Waals surface area (Å²) < 4.78 is 5.96. The highest BCUT2D eigenvalue weighted by Crippen LogP contribution is 2.30. The van der Waals surface area contributed by atoms with Crippen LogP contribution in [0.4, 0.5) is 0 Å². The zero-order valence-corrected chi connectivity index (χ0v) is 53.4. The fourth-order valence-corrected chi connectivity index (χ4v) is 13.6. The number of phenols is 1. The summed E-state index contributed by atoms with van der Waals surface area (Å²) in [4.78, 5) is 119. The number of aliphatic hydroxyl groups is 7. The van der Waals surface area contributed by atoms with Crippen molar-refractivity contribution in [2.45, 2.75) is 149 Å². The van der Waals surface area contributed by atoms with E-state index in [1.54, 1.807) is 66.9 Å². The Hall–Kier alpha value is -5.82. The molecule has 89 heavy (non-hydrogen) atoms. The van der Waals surface area contributed by atoms with Gasteiger partial charge in [-0.1, -0.05) is 76.2 Å². The van der Waals surface area contributed by atoms with Gasteiger partial charge in [0.05, 0.1) is 35.0 Å². The number of phenolic OH excluding ortho intramolecular Hbond substituents is 1. The Morgan fingerprint density at radius 2 is 1.43 bits per heavy atom. The van der Waals surface area contributed by atoms with Gasteiger partial charge in [-0.05, 0) is 97.1 Å². The number of unbranched alkanes of at least 4 members (excludes halogenated alkanes) is 1. The average molecular weight is 1410 g/mol. The Bertz CT molecular complexity index is 3030. The number of carbonyl (C=O) groups is 8. The zero-order valence-electron chi connectivity index (χ0n) is 48.8. The van der Waals surface area contributed by atoms with E-state index in [1.165, 1.54) is 26.0 Å². The molecule has 2 fully saturated rings. The third-order valence-electron chi connectivity index (χ3n) is 14.8. The number of hydrogen-bond acceptors (Lipinski definition) is 21. The number of thioether (sulfide) groups is 1. The van der Waals surface area contributed by atoms with Gasteiger partial charge in [0.1, 0.15) is 77.9 Å². The van der Waals surface area contributed by atoms with Crippen molar-refractivity contribution < 1.29 is 83.9 Å². The molecule has 1 aromatic heterocycles. The first-order valence-electron chi connectivity index (χ1n) is 28.8. The molecule has 4 aromatic rings. The van der Waals surface area contributed by atoms with Gasteiger partial charge in [0.25, 0.3) is 0 Å². The average Bonchev–Trinajstić information content (AvgIpc) is 2.18. The van der Waals surface area contributed by atoms with Gasteiger partial charge in [-0.15, -0.1) is 11.8 Å².